The third-order valence-electron chi connectivity index (χ3n) is 0.772. The van der Waals surface area contributed by atoms with Crippen molar-refractivity contribution >= 4 is 0 Å². The van der Waals surface area contributed by atoms with Gasteiger partial charge in [0.05, 0.1) is 6.26 Å². The SMILES string of the molecule is [C]OC=CCC(C)C. The van der Waals surface area contributed by atoms with Gasteiger partial charge in [-0.1, -0.05) is 13.8 Å². The third kappa shape index (κ3) is 5.54. The Balaban J connectivity index is 3.03. The number of hydrogen-bond acceptors (Lipinski definition) is 1. The van der Waals surface area contributed by atoms with Crippen LogP contribution in [0.25, 0.3) is 0 Å². The molecule has 0 aliphatic rings. The zero-order chi connectivity index (χ0) is 6.41. The molecule has 0 rings (SSSR count). The molecule has 0 aliphatic heterocycles. The van der Waals surface area contributed by atoms with Crippen LogP contribution in [-0.2, 0) is 4.74 Å². The second-order valence-corrected chi connectivity index (χ2v) is 2.12. The fourth-order valence-electron chi connectivity index (χ4n) is 0.376. The first-order valence-corrected chi connectivity index (χ1v) is 2.74. The fourth-order valence-corrected chi connectivity index (χ4v) is 0.376. The molecule has 8 heavy (non-hydrogen) atoms. The predicted molar refractivity (Wildman–Crippen MR) is 32.9 cm³/mol. The molecule has 0 bridgehead atoms. The molecule has 1 nitrogen and oxygen atoms in total. The lowest BCUT2D eigenvalue weighted by molar-refractivity contribution is 0.390. The smallest absolute Gasteiger partial charge is 0.252 e. The van der Waals surface area contributed by atoms with Gasteiger partial charge in [0.2, 0.25) is 0 Å². The second-order valence-electron chi connectivity index (χ2n) is 2.12. The van der Waals surface area contributed by atoms with Gasteiger partial charge < -0.3 is 4.74 Å². The summed E-state index contributed by atoms with van der Waals surface area (Å²) in [5.41, 5.74) is 0. The maximum Gasteiger partial charge on any atom is 0.252 e. The van der Waals surface area contributed by atoms with Gasteiger partial charge in [-0.3, -0.25) is 0 Å². The summed E-state index contributed by atoms with van der Waals surface area (Å²) in [5.74, 6) is 0.654. The molecule has 0 unspecified atom stereocenters. The van der Waals surface area contributed by atoms with Gasteiger partial charge in [-0.2, -0.15) is 0 Å². The highest BCUT2D eigenvalue weighted by Crippen LogP contribution is 1.98. The third-order valence-corrected chi connectivity index (χ3v) is 0.772. The Kier molecular flexibility index (Phi) is 4.42. The van der Waals surface area contributed by atoms with E-state index in [1.165, 1.54) is 6.26 Å². The van der Waals surface area contributed by atoms with E-state index < -0.39 is 0 Å². The first-order valence-electron chi connectivity index (χ1n) is 2.74. The molecular formula is C7H11O. The second kappa shape index (κ2) is 4.69. The van der Waals surface area contributed by atoms with Crippen LogP contribution in [0.1, 0.15) is 20.3 Å². The Morgan fingerprint density at radius 2 is 2.25 bits per heavy atom. The van der Waals surface area contributed by atoms with Crippen molar-refractivity contribution in [1.29, 1.82) is 0 Å². The summed E-state index contributed by atoms with van der Waals surface area (Å²) in [6.45, 7) is 4.24. The van der Waals surface area contributed by atoms with Crippen molar-refractivity contribution in [2.75, 3.05) is 0 Å². The highest BCUT2D eigenvalue weighted by molar-refractivity contribution is 4.74. The average molecular weight is 111 g/mol. The van der Waals surface area contributed by atoms with Gasteiger partial charge in [-0.25, -0.2) is 0 Å². The first-order chi connectivity index (χ1) is 3.77. The van der Waals surface area contributed by atoms with Crippen molar-refractivity contribution in [2.45, 2.75) is 20.3 Å². The molecule has 0 N–H and O–H groups in total. The van der Waals surface area contributed by atoms with Crippen molar-refractivity contribution in [2.24, 2.45) is 5.92 Å². The summed E-state index contributed by atoms with van der Waals surface area (Å²) < 4.78 is 3.96. The van der Waals surface area contributed by atoms with Gasteiger partial charge in [0.25, 0.3) is 7.11 Å². The van der Waals surface area contributed by atoms with E-state index >= 15 is 0 Å². The van der Waals surface area contributed by atoms with Crippen molar-refractivity contribution in [3.05, 3.63) is 19.4 Å². The highest BCUT2D eigenvalue weighted by Gasteiger charge is 1.85. The van der Waals surface area contributed by atoms with E-state index in [0.29, 0.717) is 5.92 Å². The van der Waals surface area contributed by atoms with Crippen LogP contribution < -0.4 is 0 Å². The van der Waals surface area contributed by atoms with Crippen LogP contribution in [0.4, 0.5) is 0 Å². The molecule has 0 aliphatic carbocycles. The van der Waals surface area contributed by atoms with E-state index in [4.69, 9.17) is 7.11 Å². The monoisotopic (exact) mass is 111 g/mol. The van der Waals surface area contributed by atoms with Gasteiger partial charge in [0, 0.05) is 0 Å². The van der Waals surface area contributed by atoms with E-state index in [1.807, 2.05) is 6.08 Å². The van der Waals surface area contributed by atoms with Crippen molar-refractivity contribution in [3.8, 4) is 0 Å². The standard InChI is InChI=1S/C7H11O/c1-7(2)5-4-6-8-3/h4,6-7H,5H2,1-2H3. The maximum absolute atomic E-state index is 6.26. The Bertz CT molecular complexity index is 64.8. The average Bonchev–Trinajstić information content (AvgIpc) is 1.66. The maximum atomic E-state index is 6.26. The molecule has 0 spiro atoms. The summed E-state index contributed by atoms with van der Waals surface area (Å²) in [6.07, 6.45) is 4.22. The predicted octanol–water partition coefficient (Wildman–Crippen LogP) is 2.11. The highest BCUT2D eigenvalue weighted by atomic mass is 16.5. The van der Waals surface area contributed by atoms with Crippen LogP contribution in [0.3, 0.4) is 0 Å². The lowest BCUT2D eigenvalue weighted by atomic mass is 10.1. The minimum absolute atomic E-state index is 0.654. The molecule has 0 aromatic heterocycles. The fraction of sp³-hybridized carbons (Fsp3) is 0.571. The van der Waals surface area contributed by atoms with E-state index in [-0.39, 0.29) is 0 Å². The minimum Gasteiger partial charge on any atom is -0.481 e. The largest absolute Gasteiger partial charge is 0.481 e. The lowest BCUT2D eigenvalue weighted by Crippen LogP contribution is -1.80. The van der Waals surface area contributed by atoms with E-state index in [2.05, 4.69) is 18.6 Å². The summed E-state index contributed by atoms with van der Waals surface area (Å²) >= 11 is 0. The van der Waals surface area contributed by atoms with Crippen LogP contribution in [0.2, 0.25) is 0 Å². The number of allylic oxidation sites excluding steroid dienone is 1. The van der Waals surface area contributed by atoms with Gasteiger partial charge in [0.15, 0.2) is 0 Å². The zero-order valence-electron chi connectivity index (χ0n) is 5.35. The Morgan fingerprint density at radius 3 is 2.62 bits per heavy atom. The van der Waals surface area contributed by atoms with Gasteiger partial charge in [0.1, 0.15) is 0 Å². The molecule has 0 aromatic carbocycles. The first kappa shape index (κ1) is 7.54. The van der Waals surface area contributed by atoms with Crippen LogP contribution in [0, 0.1) is 13.0 Å². The molecule has 0 atom stereocenters. The zero-order valence-corrected chi connectivity index (χ0v) is 5.35. The van der Waals surface area contributed by atoms with Crippen LogP contribution >= 0.6 is 0 Å². The normalized spacial score (nSPS) is 11.0. The van der Waals surface area contributed by atoms with E-state index in [1.54, 1.807) is 0 Å². The number of hydrogen-bond donors (Lipinski definition) is 0. The molecular weight excluding hydrogens is 100 g/mol. The summed E-state index contributed by atoms with van der Waals surface area (Å²) in [6, 6.07) is 0. The Morgan fingerprint density at radius 1 is 1.62 bits per heavy atom. The van der Waals surface area contributed by atoms with Gasteiger partial charge in [-0.05, 0) is 18.4 Å². The topological polar surface area (TPSA) is 9.23 Å². The Hall–Kier alpha value is -0.460. The van der Waals surface area contributed by atoms with Gasteiger partial charge >= 0.3 is 0 Å². The van der Waals surface area contributed by atoms with Crippen LogP contribution in [0.5, 0.6) is 0 Å². The molecule has 0 heterocycles. The summed E-state index contributed by atoms with van der Waals surface area (Å²) in [7, 11) is 6.26. The molecule has 0 amide bonds. The van der Waals surface area contributed by atoms with Crippen molar-refractivity contribution < 1.29 is 4.74 Å². The number of rotatable bonds is 3. The molecule has 0 fully saturated rings. The van der Waals surface area contributed by atoms with E-state index in [0.717, 1.165) is 6.42 Å². The van der Waals surface area contributed by atoms with Crippen LogP contribution in [-0.4, -0.2) is 0 Å². The van der Waals surface area contributed by atoms with E-state index in [9.17, 15) is 0 Å². The van der Waals surface area contributed by atoms with Gasteiger partial charge in [-0.15, -0.1) is 0 Å². The molecule has 0 saturated carbocycles. The summed E-state index contributed by atoms with van der Waals surface area (Å²) in [5, 5.41) is 0. The molecule has 1 heteroatoms. The lowest BCUT2D eigenvalue weighted by Gasteiger charge is -1.94. The van der Waals surface area contributed by atoms with Crippen LogP contribution in [0.15, 0.2) is 12.3 Å². The summed E-state index contributed by atoms with van der Waals surface area (Å²) in [4.78, 5) is 0. The van der Waals surface area contributed by atoms with Crippen molar-refractivity contribution in [1.82, 2.24) is 0 Å². The number of ether oxygens (including phenoxy) is 1. The molecule has 0 saturated heterocycles. The van der Waals surface area contributed by atoms with Crippen molar-refractivity contribution in [3.63, 3.8) is 0 Å². The molecule has 0 aromatic rings. The Labute approximate surface area is 51.4 Å². The molecule has 45 valence electrons. The quantitative estimate of drug-likeness (QED) is 0.507. The minimum atomic E-state index is 0.654. The molecule has 3 radical (unpaired) electrons.